The molecule has 1 aromatic carbocycles. The number of likely N-dealkylation sites (tertiary alicyclic amines) is 1. The minimum absolute atomic E-state index is 0.0336. The van der Waals surface area contributed by atoms with Crippen molar-refractivity contribution in [3.63, 3.8) is 0 Å². The molecule has 3 amide bonds. The van der Waals surface area contributed by atoms with E-state index in [4.69, 9.17) is 0 Å². The fourth-order valence-electron chi connectivity index (χ4n) is 4.57. The van der Waals surface area contributed by atoms with E-state index in [1.165, 1.54) is 18.5 Å². The molecule has 0 radical (unpaired) electrons. The van der Waals surface area contributed by atoms with Crippen LogP contribution in [0, 0.1) is 5.41 Å². The number of H-pyrrole nitrogens is 1. The van der Waals surface area contributed by atoms with Crippen molar-refractivity contribution in [2.24, 2.45) is 5.41 Å². The molecule has 2 fully saturated rings. The molecule has 32 heavy (non-hydrogen) atoms. The van der Waals surface area contributed by atoms with Crippen LogP contribution in [-0.4, -0.2) is 50.9 Å². The number of halogens is 3. The first-order valence-corrected chi connectivity index (χ1v) is 10.0. The lowest BCUT2D eigenvalue weighted by Gasteiger charge is -2.58. The Morgan fingerprint density at radius 1 is 1.16 bits per heavy atom. The van der Waals surface area contributed by atoms with Crippen LogP contribution in [0.3, 0.4) is 0 Å². The molecule has 2 aromatic heterocycles. The van der Waals surface area contributed by atoms with E-state index in [1.807, 2.05) is 0 Å². The third kappa shape index (κ3) is 3.63. The summed E-state index contributed by atoms with van der Waals surface area (Å²) in [7, 11) is 0. The van der Waals surface area contributed by atoms with Crippen molar-refractivity contribution >= 4 is 28.7 Å². The third-order valence-electron chi connectivity index (χ3n) is 6.04. The van der Waals surface area contributed by atoms with Crippen LogP contribution in [0.15, 0.2) is 42.9 Å². The molecule has 1 spiro atoms. The Morgan fingerprint density at radius 2 is 1.94 bits per heavy atom. The van der Waals surface area contributed by atoms with Crippen molar-refractivity contribution in [1.29, 1.82) is 0 Å². The number of carbonyl (C=O) groups is 2. The van der Waals surface area contributed by atoms with E-state index >= 15 is 0 Å². The zero-order chi connectivity index (χ0) is 22.5. The van der Waals surface area contributed by atoms with E-state index in [2.05, 4.69) is 25.6 Å². The Bertz CT molecular complexity index is 1190. The number of carbonyl (C=O) groups excluding carboxylic acids is 2. The van der Waals surface area contributed by atoms with Gasteiger partial charge in [0, 0.05) is 36.4 Å². The monoisotopic (exact) mass is 444 g/mol. The Hall–Kier alpha value is -3.63. The van der Waals surface area contributed by atoms with Crippen molar-refractivity contribution in [2.75, 3.05) is 18.4 Å². The summed E-state index contributed by atoms with van der Waals surface area (Å²) in [4.78, 5) is 37.9. The van der Waals surface area contributed by atoms with E-state index in [-0.39, 0.29) is 23.1 Å². The molecule has 1 aliphatic heterocycles. The number of alkyl halides is 3. The van der Waals surface area contributed by atoms with Crippen LogP contribution in [0.25, 0.3) is 11.0 Å². The molecule has 11 heteroatoms. The van der Waals surface area contributed by atoms with Crippen LogP contribution in [0.2, 0.25) is 0 Å². The maximum atomic E-state index is 12.8. The number of anilines is 1. The van der Waals surface area contributed by atoms with E-state index in [0.29, 0.717) is 42.7 Å². The van der Waals surface area contributed by atoms with Gasteiger partial charge in [0.05, 0.1) is 10.9 Å². The maximum Gasteiger partial charge on any atom is 0.416 e. The number of nitrogens with one attached hydrogen (secondary N) is 3. The number of hydrogen-bond acceptors (Lipinski definition) is 4. The molecular formula is C21H19F3N6O2. The summed E-state index contributed by atoms with van der Waals surface area (Å²) in [6.07, 6.45) is 0.00123. The second kappa shape index (κ2) is 7.21. The molecule has 166 valence electrons. The van der Waals surface area contributed by atoms with Crippen molar-refractivity contribution in [3.05, 3.63) is 54.1 Å². The normalized spacial score (nSPS) is 17.7. The summed E-state index contributed by atoms with van der Waals surface area (Å²) in [5.74, 6) is -0.152. The van der Waals surface area contributed by atoms with Gasteiger partial charge in [0.25, 0.3) is 5.91 Å². The molecule has 1 saturated heterocycles. The summed E-state index contributed by atoms with van der Waals surface area (Å²) in [6, 6.07) is 5.62. The van der Waals surface area contributed by atoms with Gasteiger partial charge in [0.1, 0.15) is 17.7 Å². The molecule has 5 rings (SSSR count). The minimum atomic E-state index is -4.47. The van der Waals surface area contributed by atoms with Crippen LogP contribution in [-0.2, 0) is 6.18 Å². The van der Waals surface area contributed by atoms with Crippen LogP contribution in [0.4, 0.5) is 23.7 Å². The molecule has 0 atom stereocenters. The minimum Gasteiger partial charge on any atom is -0.346 e. The topological polar surface area (TPSA) is 103 Å². The van der Waals surface area contributed by atoms with Gasteiger partial charge in [0.15, 0.2) is 0 Å². The van der Waals surface area contributed by atoms with Crippen molar-refractivity contribution in [1.82, 2.24) is 25.2 Å². The van der Waals surface area contributed by atoms with Gasteiger partial charge in [-0.1, -0.05) is 6.07 Å². The number of nitrogens with zero attached hydrogens (tertiary/aromatic N) is 3. The van der Waals surface area contributed by atoms with Gasteiger partial charge in [-0.3, -0.25) is 4.79 Å². The number of urea groups is 1. The van der Waals surface area contributed by atoms with E-state index in [9.17, 15) is 22.8 Å². The zero-order valence-electron chi connectivity index (χ0n) is 16.7. The number of fused-ring (bicyclic) bond motifs is 1. The Kier molecular flexibility index (Phi) is 4.57. The zero-order valence-corrected chi connectivity index (χ0v) is 16.7. The van der Waals surface area contributed by atoms with E-state index < -0.39 is 17.8 Å². The third-order valence-corrected chi connectivity index (χ3v) is 6.04. The second-order valence-corrected chi connectivity index (χ2v) is 8.41. The highest BCUT2D eigenvalue weighted by atomic mass is 19.4. The van der Waals surface area contributed by atoms with Gasteiger partial charge in [-0.15, -0.1) is 0 Å². The van der Waals surface area contributed by atoms with Gasteiger partial charge in [-0.2, -0.15) is 13.2 Å². The van der Waals surface area contributed by atoms with Gasteiger partial charge in [-0.05, 0) is 37.1 Å². The van der Waals surface area contributed by atoms with Gasteiger partial charge in [0.2, 0.25) is 0 Å². The summed E-state index contributed by atoms with van der Waals surface area (Å²) in [5.41, 5.74) is 0.193. The summed E-state index contributed by atoms with van der Waals surface area (Å²) >= 11 is 0. The predicted octanol–water partition coefficient (Wildman–Crippen LogP) is 3.40. The maximum absolute atomic E-state index is 12.8. The second-order valence-electron chi connectivity index (χ2n) is 8.41. The lowest BCUT2D eigenvalue weighted by Crippen LogP contribution is -2.67. The van der Waals surface area contributed by atoms with Gasteiger partial charge < -0.3 is 20.5 Å². The molecule has 0 unspecified atom stereocenters. The van der Waals surface area contributed by atoms with Gasteiger partial charge >= 0.3 is 12.2 Å². The molecule has 1 aliphatic carbocycles. The Morgan fingerprint density at radius 3 is 2.69 bits per heavy atom. The molecule has 3 N–H and O–H groups in total. The smallest absolute Gasteiger partial charge is 0.346 e. The van der Waals surface area contributed by atoms with E-state index in [1.54, 1.807) is 17.2 Å². The fraction of sp³-hybridized carbons (Fsp3) is 0.333. The average molecular weight is 444 g/mol. The quantitative estimate of drug-likeness (QED) is 0.576. The molecule has 3 heterocycles. The van der Waals surface area contributed by atoms with Gasteiger partial charge in [-0.25, -0.2) is 14.8 Å². The molecule has 1 saturated carbocycles. The van der Waals surface area contributed by atoms with E-state index in [0.717, 1.165) is 12.1 Å². The number of aromatic amines is 1. The Labute approximate surface area is 180 Å². The summed E-state index contributed by atoms with van der Waals surface area (Å²) < 4.78 is 38.4. The first-order chi connectivity index (χ1) is 15.2. The number of amides is 3. The molecular weight excluding hydrogens is 425 g/mol. The van der Waals surface area contributed by atoms with Crippen molar-refractivity contribution < 1.29 is 22.8 Å². The van der Waals surface area contributed by atoms with Crippen LogP contribution < -0.4 is 10.6 Å². The molecule has 8 nitrogen and oxygen atoms in total. The number of hydrogen-bond donors (Lipinski definition) is 3. The summed E-state index contributed by atoms with van der Waals surface area (Å²) in [6.45, 7) is 1.16. The SMILES string of the molecule is O=C(Nc1cccc(C(F)(F)F)c1)NC1CC2(C1)CN(C(=O)c1ncnc3[nH]ccc13)C2. The highest BCUT2D eigenvalue weighted by molar-refractivity contribution is 6.04. The standard InChI is InChI=1S/C21H19F3N6O2/c22-21(23,24)12-2-1-3-13(6-12)28-19(32)29-14-7-20(8-14)9-30(10-20)18(31)16-15-4-5-25-17(15)27-11-26-16/h1-6,11,14H,7-10H2,(H,25,26,27)(H2,28,29,32). The molecule has 0 bridgehead atoms. The number of aromatic nitrogens is 3. The fourth-order valence-corrected chi connectivity index (χ4v) is 4.57. The predicted molar refractivity (Wildman–Crippen MR) is 109 cm³/mol. The summed E-state index contributed by atoms with van der Waals surface area (Å²) in [5, 5.41) is 5.91. The largest absolute Gasteiger partial charge is 0.416 e. The molecule has 2 aliphatic rings. The number of benzene rings is 1. The average Bonchev–Trinajstić information content (AvgIpc) is 3.16. The van der Waals surface area contributed by atoms with Crippen LogP contribution in [0.1, 0.15) is 28.9 Å². The lowest BCUT2D eigenvalue weighted by molar-refractivity contribution is -0.137. The number of rotatable bonds is 3. The van der Waals surface area contributed by atoms with Crippen molar-refractivity contribution in [3.8, 4) is 0 Å². The van der Waals surface area contributed by atoms with Crippen molar-refractivity contribution in [2.45, 2.75) is 25.1 Å². The highest BCUT2D eigenvalue weighted by Gasteiger charge is 2.54. The van der Waals surface area contributed by atoms with Crippen LogP contribution >= 0.6 is 0 Å². The highest BCUT2D eigenvalue weighted by Crippen LogP contribution is 2.48. The van der Waals surface area contributed by atoms with Crippen LogP contribution in [0.5, 0.6) is 0 Å². The lowest BCUT2D eigenvalue weighted by atomic mass is 9.60. The Balaban J connectivity index is 1.12. The first-order valence-electron chi connectivity index (χ1n) is 10.0. The first kappa shape index (κ1) is 20.3. The molecule has 3 aromatic rings.